The van der Waals surface area contributed by atoms with E-state index in [-0.39, 0.29) is 89.0 Å². The lowest BCUT2D eigenvalue weighted by Crippen LogP contribution is -2.65. The number of benzene rings is 3. The lowest BCUT2D eigenvalue weighted by Gasteiger charge is -2.52. The predicted octanol–water partition coefficient (Wildman–Crippen LogP) is 0.485. The largest absolute Gasteiger partial charge is 0.510 e. The lowest BCUT2D eigenvalue weighted by molar-refractivity contribution is -0.152. The number of allylic oxidation sites excluding steroid dienone is 2. The molecule has 107 heavy (non-hydrogen) atoms. The Morgan fingerprint density at radius 3 is 1.27 bits per heavy atom. The predicted molar refractivity (Wildman–Crippen MR) is 382 cm³/mol. The number of likely N-dealkylation sites (N-methyl/N-ethyl adjacent to an activating group) is 3. The average Bonchev–Trinajstić information content (AvgIpc) is 0.683. The Kier molecular flexibility index (Phi) is 20.0. The normalized spacial score (nSPS) is 29.3. The molecule has 33 nitrogen and oxygen atoms in total. The van der Waals surface area contributed by atoms with E-state index in [9.17, 15) is 114 Å². The monoisotopic (exact) mass is 1490 g/mol. The van der Waals surface area contributed by atoms with Gasteiger partial charge in [0.15, 0.2) is 39.9 Å². The molecule has 33 heteroatoms. The number of Topliss-reactive ketones (excluding diaryl/α,β-unsaturated/α-hetero) is 6. The quantitative estimate of drug-likeness (QED) is 0.0917. The summed E-state index contributed by atoms with van der Waals surface area (Å²) in [4.78, 5) is 137. The Hall–Kier alpha value is -10.5. The number of nitrogens with zero attached hydrogens (tertiary/aromatic N) is 5. The minimum atomic E-state index is -2.75. The molecule has 21 N–H and O–H groups in total. The number of nitrogens with two attached hydrogens (primary N) is 3. The van der Waals surface area contributed by atoms with Crippen LogP contribution >= 0.6 is 0 Å². The molecule has 0 bridgehead atoms. The topological polar surface area (TPSA) is 552 Å². The summed E-state index contributed by atoms with van der Waals surface area (Å²) in [7, 11) is 16.5. The fraction of sp³-hybridized carbons (Fsp3) is 0.459. The highest BCUT2D eigenvalue weighted by molar-refractivity contribution is 6.27. The molecule has 0 saturated heterocycles. The lowest BCUT2D eigenvalue weighted by atomic mass is 9.55. The SMILES string of the molecule is CN(C)[C@@H]1C(O)=C(C(N)=O)C(=O)[C@@]2(O)C(O)=C3C(=O)c4c(O)cccc4[C@@](C)(O)[C@H]3C[C@@H]12.CN(C)c1cc(NC(=O)CNC(C)(C)C)c(O)c2c1C[C@H]1C[C@H]3[C@H](N(C)C)C(O)=C(C(N)=O)C(=O)[C@@]3(O)C(O)=C1C2=O.CN(C)c1ccc(O)c2c1C[C@H]1C[C@H]3[C@H](N(C)C)C(O)=C(C(N)=O)C(=O)[C@@]3(O)C(O)=C1C2=O. The molecule has 9 aliphatic carbocycles. The smallest absolute Gasteiger partial charge is 0.255 e. The van der Waals surface area contributed by atoms with E-state index >= 15 is 0 Å². The third-order valence-electron chi connectivity index (χ3n) is 22.3. The minimum Gasteiger partial charge on any atom is -0.510 e. The summed E-state index contributed by atoms with van der Waals surface area (Å²) in [5, 5.41) is 150. The van der Waals surface area contributed by atoms with E-state index in [2.05, 4.69) is 10.6 Å². The molecule has 0 radical (unpaired) electrons. The van der Waals surface area contributed by atoms with Crippen molar-refractivity contribution in [1.82, 2.24) is 20.0 Å². The number of ketones is 6. The van der Waals surface area contributed by atoms with Gasteiger partial charge < -0.3 is 104 Å². The van der Waals surface area contributed by atoms with Gasteiger partial charge in [0.2, 0.25) is 23.3 Å². The zero-order valence-corrected chi connectivity index (χ0v) is 61.3. The summed E-state index contributed by atoms with van der Waals surface area (Å²) in [5.74, 6) is -22.2. The molecule has 0 aromatic heterocycles. The van der Waals surface area contributed by atoms with Crippen molar-refractivity contribution in [3.8, 4) is 17.2 Å². The maximum atomic E-state index is 14.1. The number of aromatic hydroxyl groups is 3. The molecule has 4 amide bonds. The Morgan fingerprint density at radius 1 is 0.505 bits per heavy atom. The van der Waals surface area contributed by atoms with Gasteiger partial charge >= 0.3 is 0 Å². The molecule has 3 aromatic carbocycles. The van der Waals surface area contributed by atoms with Crippen molar-refractivity contribution in [2.75, 3.05) is 92.1 Å². The number of phenols is 3. The fourth-order valence-corrected chi connectivity index (χ4v) is 17.5. The first-order valence-corrected chi connectivity index (χ1v) is 34.1. The van der Waals surface area contributed by atoms with Crippen LogP contribution in [0.15, 0.2) is 104 Å². The molecule has 0 heterocycles. The second-order valence-electron chi connectivity index (χ2n) is 30.9. The molecule has 0 aliphatic heterocycles. The molecule has 0 unspecified atom stereocenters. The number of fused-ring (bicyclic) bond motifs is 9. The molecular formula is C74H90N10O23. The van der Waals surface area contributed by atoms with Crippen molar-refractivity contribution in [2.45, 2.75) is 106 Å². The standard InChI is InChI=1S/C29H39N5O8.C23H27N3O7.C22H24N2O8/c1-28(2,3)31-11-17(35)32-15-10-16(33(4)5)13-8-12-9-14-21(34(6)7)24(38)20(27(30)41)26(40)29(14,42)25(39)18(12)23(37)19(13)22(15)36;1-25(2)12-5-6-13(27)15-10(12)7-9-8-11-17(26(3)4)19(29)16(22(24)32)21(31)23(11,33)20(30)14(9)18(15)28;1-21(31)8-5-4-6-11(25)12(8)16(26)13-9(21)7-10-15(24(2)3)17(27)14(20(23)30)19(29)22(10,32)18(13)28/h10,12,14,21,31,36,38-39,42H,8-9,11H2,1-7H3,(H2,30,41)(H,32,35);5-6,9,11,17,27,29-30,33H,7-8H2,1-4H3,(H2,24,32);4-6,9-10,15,25,27-28,31-32H,7H2,1-3H3,(H2,23,30)/t12-,14-,21-,29-;9-,11-,17-,23-;9-,10-,15-,21+,22-/m000/s1. The maximum absolute atomic E-state index is 14.1. The summed E-state index contributed by atoms with van der Waals surface area (Å²) in [5.41, 5.74) is 4.33. The minimum absolute atomic E-state index is 0.00184. The van der Waals surface area contributed by atoms with E-state index in [0.717, 1.165) is 5.69 Å². The van der Waals surface area contributed by atoms with Gasteiger partial charge in [-0.3, -0.25) is 62.6 Å². The van der Waals surface area contributed by atoms with Crippen LogP contribution in [0.1, 0.15) is 94.7 Å². The van der Waals surface area contributed by atoms with Gasteiger partial charge in [0.1, 0.15) is 62.8 Å². The molecule has 13 atom stereocenters. The van der Waals surface area contributed by atoms with Crippen molar-refractivity contribution < 1.29 is 114 Å². The van der Waals surface area contributed by atoms with Crippen LogP contribution in [0.4, 0.5) is 17.1 Å². The van der Waals surface area contributed by atoms with Crippen LogP contribution in [0.25, 0.3) is 0 Å². The van der Waals surface area contributed by atoms with Gasteiger partial charge in [-0.1, -0.05) is 12.1 Å². The molecular weight excluding hydrogens is 1400 g/mol. The highest BCUT2D eigenvalue weighted by Gasteiger charge is 2.68. The van der Waals surface area contributed by atoms with Gasteiger partial charge in [-0.25, -0.2) is 0 Å². The number of amides is 4. The number of phenolic OH excluding ortho intramolecular Hbond substituents is 3. The van der Waals surface area contributed by atoms with E-state index in [0.29, 0.717) is 16.8 Å². The van der Waals surface area contributed by atoms with Crippen molar-refractivity contribution in [2.24, 2.45) is 52.7 Å². The van der Waals surface area contributed by atoms with Crippen LogP contribution in [0.5, 0.6) is 17.2 Å². The van der Waals surface area contributed by atoms with Gasteiger partial charge in [0, 0.05) is 85.5 Å². The summed E-state index contributed by atoms with van der Waals surface area (Å²) in [6.45, 7) is 7.01. The number of carbonyl (C=O) groups is 10. The van der Waals surface area contributed by atoms with Crippen LogP contribution in [-0.2, 0) is 52.0 Å². The number of hydrogen-bond donors (Lipinski definition) is 18. The molecule has 12 rings (SSSR count). The van der Waals surface area contributed by atoms with Crippen molar-refractivity contribution in [3.63, 3.8) is 0 Å². The second kappa shape index (κ2) is 27.1. The highest BCUT2D eigenvalue weighted by atomic mass is 16.4. The van der Waals surface area contributed by atoms with Gasteiger partial charge in [0.05, 0.1) is 52.6 Å². The number of nitrogens with one attached hydrogen (secondary N) is 2. The Bertz CT molecular complexity index is 4680. The summed E-state index contributed by atoms with van der Waals surface area (Å²) >= 11 is 0. The second-order valence-corrected chi connectivity index (χ2v) is 30.9. The number of carbonyl (C=O) groups excluding carboxylic acids is 10. The zero-order chi connectivity index (χ0) is 80.1. The molecule has 0 spiro atoms. The third-order valence-corrected chi connectivity index (χ3v) is 22.3. The first-order valence-electron chi connectivity index (χ1n) is 34.1. The van der Waals surface area contributed by atoms with Gasteiger partial charge in [-0.2, -0.15) is 0 Å². The molecule has 9 aliphatic rings. The van der Waals surface area contributed by atoms with Crippen LogP contribution in [0.2, 0.25) is 0 Å². The van der Waals surface area contributed by atoms with Crippen molar-refractivity contribution in [1.29, 1.82) is 0 Å². The van der Waals surface area contributed by atoms with Gasteiger partial charge in [-0.05, 0) is 155 Å². The van der Waals surface area contributed by atoms with E-state index in [4.69, 9.17) is 17.2 Å². The average molecular weight is 1490 g/mol. The van der Waals surface area contributed by atoms with Gasteiger partial charge in [-0.15, -0.1) is 0 Å². The number of primary amides is 3. The Labute approximate surface area is 613 Å². The van der Waals surface area contributed by atoms with Crippen LogP contribution in [0, 0.1) is 35.5 Å². The number of hydrogen-bond acceptors (Lipinski definition) is 29. The first kappa shape index (κ1) is 79.1. The number of rotatable bonds is 11. The van der Waals surface area contributed by atoms with Crippen LogP contribution in [-0.4, -0.2) is 257 Å². The van der Waals surface area contributed by atoms with Crippen LogP contribution < -0.4 is 37.6 Å². The highest BCUT2D eigenvalue weighted by Crippen LogP contribution is 2.59. The molecule has 0 fully saturated rings. The van der Waals surface area contributed by atoms with Crippen molar-refractivity contribution in [3.05, 3.63) is 138 Å². The number of aliphatic hydroxyl groups is 10. The van der Waals surface area contributed by atoms with E-state index in [1.165, 1.54) is 60.0 Å². The summed E-state index contributed by atoms with van der Waals surface area (Å²) < 4.78 is 0. The number of aliphatic hydroxyl groups excluding tert-OH is 6. The van der Waals surface area contributed by atoms with Gasteiger partial charge in [0.25, 0.3) is 17.7 Å². The zero-order valence-electron chi connectivity index (χ0n) is 61.3. The Balaban J connectivity index is 0.000000174. The summed E-state index contributed by atoms with van der Waals surface area (Å²) in [6.07, 6.45) is 0.241. The van der Waals surface area contributed by atoms with E-state index < -0.39 is 203 Å². The maximum Gasteiger partial charge on any atom is 0.255 e. The fourth-order valence-electron chi connectivity index (χ4n) is 17.5. The third kappa shape index (κ3) is 11.9. The first-order chi connectivity index (χ1) is 49.4. The van der Waals surface area contributed by atoms with E-state index in [1.54, 1.807) is 78.3 Å². The van der Waals surface area contributed by atoms with E-state index in [1.807, 2.05) is 20.8 Å². The number of anilines is 3. The molecule has 0 saturated carbocycles. The summed E-state index contributed by atoms with van der Waals surface area (Å²) in [6, 6.07) is 5.60. The molecule has 3 aromatic rings. The molecule has 574 valence electrons. The van der Waals surface area contributed by atoms with Crippen molar-refractivity contribution >= 4 is 75.4 Å². The van der Waals surface area contributed by atoms with Crippen LogP contribution in [0.3, 0.4) is 0 Å². The Morgan fingerprint density at radius 2 is 0.879 bits per heavy atom.